The number of para-hydroxylation sites is 1. The number of hydrogen-bond donors (Lipinski definition) is 1. The topological polar surface area (TPSA) is 75.4 Å². The minimum atomic E-state index is -1.02. The molecule has 1 amide bonds. The first-order valence-electron chi connectivity index (χ1n) is 7.15. The van der Waals surface area contributed by atoms with E-state index in [-0.39, 0.29) is 12.5 Å². The Bertz CT molecular complexity index is 665. The fraction of sp³-hybridized carbons (Fsp3) is 0.312. The molecule has 2 rings (SSSR count). The number of rotatable bonds is 6. The SMILES string of the molecule is CCCN(CC(=O)O)C(=O)c1cnn(-c2ccccc2)c1C. The lowest BCUT2D eigenvalue weighted by molar-refractivity contribution is -0.137. The number of amides is 1. The molecule has 0 unspecified atom stereocenters. The zero-order valence-corrected chi connectivity index (χ0v) is 12.7. The molecule has 0 aliphatic heterocycles. The molecular formula is C16H19N3O3. The fourth-order valence-corrected chi connectivity index (χ4v) is 2.31. The van der Waals surface area contributed by atoms with Gasteiger partial charge in [-0.3, -0.25) is 9.59 Å². The highest BCUT2D eigenvalue weighted by Gasteiger charge is 2.22. The number of carbonyl (C=O) groups is 2. The maximum Gasteiger partial charge on any atom is 0.323 e. The summed E-state index contributed by atoms with van der Waals surface area (Å²) >= 11 is 0. The van der Waals surface area contributed by atoms with Crippen molar-refractivity contribution in [1.82, 2.24) is 14.7 Å². The van der Waals surface area contributed by atoms with E-state index in [1.165, 1.54) is 11.1 Å². The van der Waals surface area contributed by atoms with Gasteiger partial charge in [-0.15, -0.1) is 0 Å². The van der Waals surface area contributed by atoms with Crippen LogP contribution in [0.1, 0.15) is 29.4 Å². The number of nitrogens with zero attached hydrogens (tertiary/aromatic N) is 3. The van der Waals surface area contributed by atoms with Gasteiger partial charge in [-0.1, -0.05) is 25.1 Å². The number of carboxylic acids is 1. The van der Waals surface area contributed by atoms with E-state index < -0.39 is 5.97 Å². The summed E-state index contributed by atoms with van der Waals surface area (Å²) < 4.78 is 1.68. The molecule has 0 atom stereocenters. The van der Waals surface area contributed by atoms with Crippen LogP contribution in [0.2, 0.25) is 0 Å². The summed E-state index contributed by atoms with van der Waals surface area (Å²) in [6.07, 6.45) is 2.19. The second-order valence-electron chi connectivity index (χ2n) is 5.01. The van der Waals surface area contributed by atoms with Crippen molar-refractivity contribution >= 4 is 11.9 Å². The summed E-state index contributed by atoms with van der Waals surface area (Å²) in [6, 6.07) is 9.49. The van der Waals surface area contributed by atoms with E-state index in [0.29, 0.717) is 24.2 Å². The predicted octanol–water partition coefficient (Wildman–Crippen LogP) is 2.12. The van der Waals surface area contributed by atoms with Crippen molar-refractivity contribution in [1.29, 1.82) is 0 Å². The summed E-state index contributed by atoms with van der Waals surface area (Å²) in [7, 11) is 0. The Labute approximate surface area is 129 Å². The maximum absolute atomic E-state index is 12.5. The van der Waals surface area contributed by atoms with Crippen LogP contribution in [0.25, 0.3) is 5.69 Å². The van der Waals surface area contributed by atoms with Crippen LogP contribution in [0.4, 0.5) is 0 Å². The fourth-order valence-electron chi connectivity index (χ4n) is 2.31. The maximum atomic E-state index is 12.5. The summed E-state index contributed by atoms with van der Waals surface area (Å²) in [4.78, 5) is 24.8. The number of hydrogen-bond acceptors (Lipinski definition) is 3. The molecule has 0 aliphatic carbocycles. The van der Waals surface area contributed by atoms with Crippen molar-refractivity contribution in [3.8, 4) is 5.69 Å². The van der Waals surface area contributed by atoms with E-state index in [1.807, 2.05) is 37.3 Å². The molecule has 0 saturated carbocycles. The van der Waals surface area contributed by atoms with Gasteiger partial charge < -0.3 is 10.0 Å². The first-order valence-corrected chi connectivity index (χ1v) is 7.15. The van der Waals surface area contributed by atoms with Crippen LogP contribution >= 0.6 is 0 Å². The van der Waals surface area contributed by atoms with Crippen molar-refractivity contribution in [2.24, 2.45) is 0 Å². The highest BCUT2D eigenvalue weighted by atomic mass is 16.4. The van der Waals surface area contributed by atoms with Crippen molar-refractivity contribution in [2.45, 2.75) is 20.3 Å². The molecule has 1 aromatic carbocycles. The molecule has 22 heavy (non-hydrogen) atoms. The number of aliphatic carboxylic acids is 1. The van der Waals surface area contributed by atoms with Crippen LogP contribution in [0.15, 0.2) is 36.5 Å². The van der Waals surface area contributed by atoms with Gasteiger partial charge in [0, 0.05) is 6.54 Å². The van der Waals surface area contributed by atoms with Gasteiger partial charge in [-0.25, -0.2) is 4.68 Å². The lowest BCUT2D eigenvalue weighted by Gasteiger charge is -2.19. The highest BCUT2D eigenvalue weighted by molar-refractivity contribution is 5.96. The third-order valence-corrected chi connectivity index (χ3v) is 3.35. The second-order valence-corrected chi connectivity index (χ2v) is 5.01. The third-order valence-electron chi connectivity index (χ3n) is 3.35. The van der Waals surface area contributed by atoms with Gasteiger partial charge >= 0.3 is 5.97 Å². The van der Waals surface area contributed by atoms with E-state index in [1.54, 1.807) is 11.6 Å². The van der Waals surface area contributed by atoms with Crippen LogP contribution < -0.4 is 0 Å². The molecule has 0 spiro atoms. The molecule has 1 N–H and O–H groups in total. The van der Waals surface area contributed by atoms with Crippen molar-refractivity contribution < 1.29 is 14.7 Å². The van der Waals surface area contributed by atoms with Crippen LogP contribution in [-0.4, -0.2) is 44.8 Å². The largest absolute Gasteiger partial charge is 0.480 e. The standard InChI is InChI=1S/C16H19N3O3/c1-3-9-18(11-15(20)21)16(22)14-10-17-19(12(14)2)13-7-5-4-6-8-13/h4-8,10H,3,9,11H2,1-2H3,(H,20,21). The van der Waals surface area contributed by atoms with E-state index in [2.05, 4.69) is 5.10 Å². The van der Waals surface area contributed by atoms with E-state index in [0.717, 1.165) is 5.69 Å². The number of aromatic nitrogens is 2. The molecule has 0 aliphatic rings. The van der Waals surface area contributed by atoms with Crippen LogP contribution in [-0.2, 0) is 4.79 Å². The Kier molecular flexibility index (Phi) is 4.93. The van der Waals surface area contributed by atoms with Gasteiger partial charge in [0.15, 0.2) is 0 Å². The minimum Gasteiger partial charge on any atom is -0.480 e. The van der Waals surface area contributed by atoms with E-state index in [4.69, 9.17) is 5.11 Å². The summed E-state index contributed by atoms with van der Waals surface area (Å²) in [5.41, 5.74) is 1.99. The number of carbonyl (C=O) groups excluding carboxylic acids is 1. The molecule has 1 heterocycles. The van der Waals surface area contributed by atoms with Crippen molar-refractivity contribution in [2.75, 3.05) is 13.1 Å². The molecule has 0 bridgehead atoms. The van der Waals surface area contributed by atoms with Crippen LogP contribution in [0.5, 0.6) is 0 Å². The molecule has 0 saturated heterocycles. The Morgan fingerprint density at radius 3 is 2.55 bits per heavy atom. The van der Waals surface area contributed by atoms with Gasteiger partial charge in [0.25, 0.3) is 5.91 Å². The quantitative estimate of drug-likeness (QED) is 0.886. The van der Waals surface area contributed by atoms with Gasteiger partial charge in [-0.05, 0) is 25.5 Å². The van der Waals surface area contributed by atoms with E-state index >= 15 is 0 Å². The van der Waals surface area contributed by atoms with Crippen molar-refractivity contribution in [3.05, 3.63) is 47.8 Å². The minimum absolute atomic E-state index is 0.302. The zero-order chi connectivity index (χ0) is 16.1. The molecule has 6 nitrogen and oxygen atoms in total. The average molecular weight is 301 g/mol. The first-order chi connectivity index (χ1) is 10.5. The smallest absolute Gasteiger partial charge is 0.323 e. The van der Waals surface area contributed by atoms with Crippen molar-refractivity contribution in [3.63, 3.8) is 0 Å². The lowest BCUT2D eigenvalue weighted by atomic mass is 10.2. The molecular weight excluding hydrogens is 282 g/mol. The predicted molar refractivity (Wildman–Crippen MR) is 82.1 cm³/mol. The summed E-state index contributed by atoms with van der Waals surface area (Å²) in [5, 5.41) is 13.2. The van der Waals surface area contributed by atoms with Gasteiger partial charge in [0.05, 0.1) is 23.1 Å². The van der Waals surface area contributed by atoms with E-state index in [9.17, 15) is 9.59 Å². The molecule has 2 aromatic rings. The molecule has 116 valence electrons. The lowest BCUT2D eigenvalue weighted by Crippen LogP contribution is -2.36. The monoisotopic (exact) mass is 301 g/mol. The second kappa shape index (κ2) is 6.89. The molecule has 6 heteroatoms. The highest BCUT2D eigenvalue weighted by Crippen LogP contribution is 2.16. The Morgan fingerprint density at radius 1 is 1.27 bits per heavy atom. The van der Waals surface area contributed by atoms with Gasteiger partial charge in [0.2, 0.25) is 0 Å². The first kappa shape index (κ1) is 15.8. The molecule has 0 radical (unpaired) electrons. The normalized spacial score (nSPS) is 10.5. The number of carboxylic acid groups (broad SMARTS) is 1. The average Bonchev–Trinajstić information content (AvgIpc) is 2.88. The molecule has 1 aromatic heterocycles. The number of benzene rings is 1. The zero-order valence-electron chi connectivity index (χ0n) is 12.7. The van der Waals surface area contributed by atoms with Gasteiger partial charge in [0.1, 0.15) is 6.54 Å². The summed E-state index contributed by atoms with van der Waals surface area (Å²) in [6.45, 7) is 3.81. The summed E-state index contributed by atoms with van der Waals surface area (Å²) in [5.74, 6) is -1.32. The third kappa shape index (κ3) is 3.33. The Hall–Kier alpha value is -2.63. The Balaban J connectivity index is 2.30. The Morgan fingerprint density at radius 2 is 1.95 bits per heavy atom. The van der Waals surface area contributed by atoms with Crippen LogP contribution in [0, 0.1) is 6.92 Å². The molecule has 0 fully saturated rings. The van der Waals surface area contributed by atoms with Gasteiger partial charge in [-0.2, -0.15) is 5.10 Å². The van der Waals surface area contributed by atoms with Crippen LogP contribution in [0.3, 0.4) is 0 Å².